The molecular formula is C17H28N2OS. The number of nitrogens with zero attached hydrogens (tertiary/aromatic N) is 1. The first-order valence-electron chi connectivity index (χ1n) is 7.61. The molecule has 0 radical (unpaired) electrons. The maximum absolute atomic E-state index is 6.16. The molecule has 0 aromatic heterocycles. The summed E-state index contributed by atoms with van der Waals surface area (Å²) in [5, 5.41) is 0. The van der Waals surface area contributed by atoms with Crippen LogP contribution in [0.2, 0.25) is 0 Å². The van der Waals surface area contributed by atoms with Crippen LogP contribution in [0.25, 0.3) is 0 Å². The summed E-state index contributed by atoms with van der Waals surface area (Å²) in [5.41, 5.74) is 7.50. The lowest BCUT2D eigenvalue weighted by molar-refractivity contribution is 0.104. The van der Waals surface area contributed by atoms with Crippen LogP contribution < -0.4 is 10.5 Å². The third-order valence-corrected chi connectivity index (χ3v) is 5.67. The highest BCUT2D eigenvalue weighted by atomic mass is 32.2. The molecular weight excluding hydrogens is 280 g/mol. The van der Waals surface area contributed by atoms with E-state index >= 15 is 0 Å². The fourth-order valence-electron chi connectivity index (χ4n) is 2.97. The molecule has 1 aromatic rings. The van der Waals surface area contributed by atoms with Crippen LogP contribution in [-0.4, -0.2) is 47.7 Å². The van der Waals surface area contributed by atoms with Crippen molar-refractivity contribution in [3.05, 3.63) is 29.8 Å². The molecule has 4 heteroatoms. The summed E-state index contributed by atoms with van der Waals surface area (Å²) >= 11 is 2.06. The van der Waals surface area contributed by atoms with Crippen LogP contribution in [0.1, 0.15) is 26.3 Å². The minimum absolute atomic E-state index is 0.0207. The summed E-state index contributed by atoms with van der Waals surface area (Å²) in [6, 6.07) is 8.36. The van der Waals surface area contributed by atoms with Crippen molar-refractivity contribution in [2.45, 2.75) is 37.5 Å². The lowest BCUT2D eigenvalue weighted by Crippen LogP contribution is -2.59. The van der Waals surface area contributed by atoms with Crippen LogP contribution in [-0.2, 0) is 6.42 Å². The Bertz CT molecular complexity index is 460. The Balaban J connectivity index is 2.12. The molecule has 3 nitrogen and oxygen atoms in total. The van der Waals surface area contributed by atoms with Gasteiger partial charge in [0.2, 0.25) is 0 Å². The second-order valence-corrected chi connectivity index (χ2v) is 8.56. The van der Waals surface area contributed by atoms with Crippen molar-refractivity contribution in [2.24, 2.45) is 5.73 Å². The Morgan fingerprint density at radius 1 is 1.33 bits per heavy atom. The van der Waals surface area contributed by atoms with Gasteiger partial charge >= 0.3 is 0 Å². The van der Waals surface area contributed by atoms with E-state index in [2.05, 4.69) is 49.6 Å². The molecule has 1 saturated heterocycles. The molecule has 2 rings (SSSR count). The van der Waals surface area contributed by atoms with E-state index in [0.717, 1.165) is 25.3 Å². The van der Waals surface area contributed by atoms with Crippen molar-refractivity contribution in [1.82, 2.24) is 4.90 Å². The SMILES string of the molecule is COc1ccc(CC(C)(CN)N2CCSC(C)(C)C2)cc1. The summed E-state index contributed by atoms with van der Waals surface area (Å²) in [6.45, 7) is 9.85. The van der Waals surface area contributed by atoms with Gasteiger partial charge in [0, 0.05) is 35.7 Å². The minimum atomic E-state index is 0.0207. The normalized spacial score (nSPS) is 21.8. The van der Waals surface area contributed by atoms with Gasteiger partial charge in [-0.1, -0.05) is 12.1 Å². The quantitative estimate of drug-likeness (QED) is 0.908. The first-order valence-corrected chi connectivity index (χ1v) is 8.59. The monoisotopic (exact) mass is 308 g/mol. The van der Waals surface area contributed by atoms with Gasteiger partial charge < -0.3 is 10.5 Å². The van der Waals surface area contributed by atoms with Crippen LogP contribution in [0.4, 0.5) is 0 Å². The molecule has 2 N–H and O–H groups in total. The van der Waals surface area contributed by atoms with Gasteiger partial charge in [0.05, 0.1) is 7.11 Å². The molecule has 1 aliphatic rings. The summed E-state index contributed by atoms with van der Waals surface area (Å²) in [4.78, 5) is 2.58. The maximum Gasteiger partial charge on any atom is 0.118 e. The number of hydrogen-bond donors (Lipinski definition) is 1. The largest absolute Gasteiger partial charge is 0.497 e. The van der Waals surface area contributed by atoms with Gasteiger partial charge in [-0.2, -0.15) is 11.8 Å². The van der Waals surface area contributed by atoms with Crippen molar-refractivity contribution in [2.75, 3.05) is 32.5 Å². The van der Waals surface area contributed by atoms with Crippen molar-refractivity contribution in [3.8, 4) is 5.75 Å². The molecule has 21 heavy (non-hydrogen) atoms. The third-order valence-electron chi connectivity index (χ3n) is 4.37. The molecule has 0 spiro atoms. The minimum Gasteiger partial charge on any atom is -0.497 e. The van der Waals surface area contributed by atoms with Crippen molar-refractivity contribution < 1.29 is 4.74 Å². The van der Waals surface area contributed by atoms with Gasteiger partial charge in [-0.05, 0) is 44.9 Å². The fraction of sp³-hybridized carbons (Fsp3) is 0.647. The zero-order valence-corrected chi connectivity index (χ0v) is 14.5. The molecule has 0 saturated carbocycles. The summed E-state index contributed by atoms with van der Waals surface area (Å²) in [5.74, 6) is 2.09. The predicted molar refractivity (Wildman–Crippen MR) is 92.3 cm³/mol. The Kier molecular flexibility index (Phi) is 5.23. The molecule has 1 atom stereocenters. The standard InChI is InChI=1S/C17H28N2OS/c1-16(2)13-19(9-10-21-16)17(3,12-18)11-14-5-7-15(20-4)8-6-14/h5-8H,9-13,18H2,1-4H3. The number of nitrogens with two attached hydrogens (primary N) is 1. The molecule has 1 fully saturated rings. The van der Waals surface area contributed by atoms with Crippen molar-refractivity contribution in [3.63, 3.8) is 0 Å². The van der Waals surface area contributed by atoms with Gasteiger partial charge in [0.25, 0.3) is 0 Å². The van der Waals surface area contributed by atoms with E-state index in [4.69, 9.17) is 10.5 Å². The van der Waals surface area contributed by atoms with Crippen molar-refractivity contribution in [1.29, 1.82) is 0 Å². The fourth-order valence-corrected chi connectivity index (χ4v) is 4.08. The van der Waals surface area contributed by atoms with E-state index in [-0.39, 0.29) is 5.54 Å². The maximum atomic E-state index is 6.16. The second kappa shape index (κ2) is 6.59. The molecule has 118 valence electrons. The molecule has 0 bridgehead atoms. The van der Waals surface area contributed by atoms with Crippen molar-refractivity contribution >= 4 is 11.8 Å². The first kappa shape index (κ1) is 16.7. The summed E-state index contributed by atoms with van der Waals surface area (Å²) < 4.78 is 5.55. The van der Waals surface area contributed by atoms with Crippen LogP contribution >= 0.6 is 11.8 Å². The van der Waals surface area contributed by atoms with Gasteiger partial charge in [-0.3, -0.25) is 4.90 Å². The number of ether oxygens (including phenoxy) is 1. The van der Waals surface area contributed by atoms with Gasteiger partial charge in [-0.15, -0.1) is 0 Å². The summed E-state index contributed by atoms with van der Waals surface area (Å²) in [7, 11) is 1.70. The van der Waals surface area contributed by atoms with E-state index in [1.54, 1.807) is 7.11 Å². The Morgan fingerprint density at radius 2 is 2.00 bits per heavy atom. The first-order chi connectivity index (χ1) is 9.88. The number of thioether (sulfide) groups is 1. The van der Waals surface area contributed by atoms with Gasteiger partial charge in [-0.25, -0.2) is 0 Å². The molecule has 1 unspecified atom stereocenters. The Hall–Kier alpha value is -0.710. The van der Waals surface area contributed by atoms with E-state index in [1.165, 1.54) is 11.3 Å². The molecule has 0 amide bonds. The van der Waals surface area contributed by atoms with E-state index < -0.39 is 0 Å². The summed E-state index contributed by atoms with van der Waals surface area (Å²) in [6.07, 6.45) is 0.980. The smallest absolute Gasteiger partial charge is 0.118 e. The van der Waals surface area contributed by atoms with Gasteiger partial charge in [0.1, 0.15) is 5.75 Å². The Morgan fingerprint density at radius 3 is 2.52 bits per heavy atom. The van der Waals surface area contributed by atoms with Crippen LogP contribution in [0.5, 0.6) is 5.75 Å². The highest BCUT2D eigenvalue weighted by Crippen LogP contribution is 2.34. The van der Waals surface area contributed by atoms with Crippen LogP contribution in [0.15, 0.2) is 24.3 Å². The van der Waals surface area contributed by atoms with Gasteiger partial charge in [0.15, 0.2) is 0 Å². The second-order valence-electron chi connectivity index (χ2n) is 6.76. The zero-order valence-electron chi connectivity index (χ0n) is 13.7. The predicted octanol–water partition coefficient (Wildman–Crippen LogP) is 2.78. The molecule has 1 heterocycles. The highest BCUT2D eigenvalue weighted by Gasteiger charge is 2.37. The zero-order chi connectivity index (χ0) is 15.5. The topological polar surface area (TPSA) is 38.5 Å². The Labute approximate surface area is 133 Å². The number of benzene rings is 1. The van der Waals surface area contributed by atoms with E-state index in [0.29, 0.717) is 11.3 Å². The van der Waals surface area contributed by atoms with Crippen LogP contribution in [0.3, 0.4) is 0 Å². The molecule has 1 aliphatic heterocycles. The average Bonchev–Trinajstić information content (AvgIpc) is 2.47. The number of methoxy groups -OCH3 is 1. The average molecular weight is 308 g/mol. The van der Waals surface area contributed by atoms with Crippen LogP contribution in [0, 0.1) is 0 Å². The molecule has 0 aliphatic carbocycles. The molecule has 1 aromatic carbocycles. The van der Waals surface area contributed by atoms with E-state index in [1.807, 2.05) is 12.1 Å². The number of hydrogen-bond acceptors (Lipinski definition) is 4. The van der Waals surface area contributed by atoms with E-state index in [9.17, 15) is 0 Å². The highest BCUT2D eigenvalue weighted by molar-refractivity contribution is 8.00. The lowest BCUT2D eigenvalue weighted by Gasteiger charge is -2.47. The number of rotatable bonds is 5. The lowest BCUT2D eigenvalue weighted by atomic mass is 9.89. The third kappa shape index (κ3) is 4.15.